The Balaban J connectivity index is 0.00000121. The Labute approximate surface area is 66.3 Å². The van der Waals surface area contributed by atoms with Crippen molar-refractivity contribution in [2.24, 2.45) is 0 Å². The largest absolute Gasteiger partial charge is 0.493 e. The number of aromatic nitrogens is 2. The molecule has 0 unspecified atom stereocenters. The maximum atomic E-state index is 10.2. The molecule has 0 aromatic carbocycles. The first-order valence-corrected chi connectivity index (χ1v) is 2.59. The van der Waals surface area contributed by atoms with Gasteiger partial charge in [0.1, 0.15) is 5.56 Å². The average molecular weight is 174 g/mol. The molecule has 12 heavy (non-hydrogen) atoms. The van der Waals surface area contributed by atoms with Gasteiger partial charge < -0.3 is 20.8 Å². The third-order valence-corrected chi connectivity index (χ3v) is 0.986. The number of hydrogen-bond acceptors (Lipinski definition) is 5. The monoisotopic (exact) mass is 174 g/mol. The van der Waals surface area contributed by atoms with Crippen LogP contribution in [0.1, 0.15) is 10.4 Å². The predicted molar refractivity (Wildman–Crippen MR) is 35.9 cm³/mol. The summed E-state index contributed by atoms with van der Waals surface area (Å²) in [7, 11) is 0. The molecule has 0 amide bonds. The normalized spacial score (nSPS) is 8.67. The molecule has 0 saturated heterocycles. The summed E-state index contributed by atoms with van der Waals surface area (Å²) in [4.78, 5) is 16.4. The van der Waals surface area contributed by atoms with Crippen molar-refractivity contribution in [3.8, 4) is 11.9 Å². The summed E-state index contributed by atoms with van der Waals surface area (Å²) in [6.45, 7) is 0. The lowest BCUT2D eigenvalue weighted by Crippen LogP contribution is -1.98. The van der Waals surface area contributed by atoms with Crippen LogP contribution in [0.2, 0.25) is 0 Å². The maximum Gasteiger partial charge on any atom is 0.342 e. The molecular weight excluding hydrogens is 168 g/mol. The summed E-state index contributed by atoms with van der Waals surface area (Å²) in [5, 5.41) is 25.6. The van der Waals surface area contributed by atoms with Gasteiger partial charge in [-0.15, -0.1) is 0 Å². The molecule has 0 bridgehead atoms. The van der Waals surface area contributed by atoms with Crippen molar-refractivity contribution in [3.05, 3.63) is 11.8 Å². The minimum Gasteiger partial charge on any atom is -0.493 e. The van der Waals surface area contributed by atoms with Crippen molar-refractivity contribution >= 4 is 5.97 Å². The molecule has 0 atom stereocenters. The summed E-state index contributed by atoms with van der Waals surface area (Å²) in [6, 6.07) is -0.660. The van der Waals surface area contributed by atoms with Crippen molar-refractivity contribution in [2.45, 2.75) is 0 Å². The van der Waals surface area contributed by atoms with Gasteiger partial charge in [-0.25, -0.2) is 9.78 Å². The van der Waals surface area contributed by atoms with Crippen molar-refractivity contribution in [3.63, 3.8) is 0 Å². The zero-order valence-electron chi connectivity index (χ0n) is 5.72. The molecule has 5 N–H and O–H groups in total. The Morgan fingerprint density at radius 3 is 2.42 bits per heavy atom. The van der Waals surface area contributed by atoms with Gasteiger partial charge >= 0.3 is 12.0 Å². The van der Waals surface area contributed by atoms with Crippen LogP contribution >= 0.6 is 0 Å². The number of aromatic hydroxyl groups is 2. The lowest BCUT2D eigenvalue weighted by molar-refractivity contribution is 0.0692. The van der Waals surface area contributed by atoms with E-state index in [1.165, 1.54) is 0 Å². The Bertz CT molecular complexity index is 300. The van der Waals surface area contributed by atoms with Crippen LogP contribution in [0.3, 0.4) is 0 Å². The molecule has 7 heteroatoms. The zero-order chi connectivity index (χ0) is 8.43. The van der Waals surface area contributed by atoms with E-state index < -0.39 is 23.4 Å². The van der Waals surface area contributed by atoms with Crippen LogP contribution in [-0.2, 0) is 0 Å². The van der Waals surface area contributed by atoms with E-state index in [1.807, 2.05) is 0 Å². The van der Waals surface area contributed by atoms with E-state index in [2.05, 4.69) is 9.97 Å². The third kappa shape index (κ3) is 1.80. The van der Waals surface area contributed by atoms with Gasteiger partial charge in [-0.2, -0.15) is 4.98 Å². The van der Waals surface area contributed by atoms with Gasteiger partial charge in [0.25, 0.3) is 0 Å². The molecule has 0 aliphatic rings. The summed E-state index contributed by atoms with van der Waals surface area (Å²) >= 11 is 0. The number of rotatable bonds is 1. The molecule has 0 radical (unpaired) electrons. The van der Waals surface area contributed by atoms with Gasteiger partial charge in [0.05, 0.1) is 6.20 Å². The molecule has 0 fully saturated rings. The highest BCUT2D eigenvalue weighted by Gasteiger charge is 2.11. The van der Waals surface area contributed by atoms with Crippen molar-refractivity contribution < 1.29 is 25.6 Å². The molecule has 0 aliphatic heterocycles. The van der Waals surface area contributed by atoms with E-state index in [-0.39, 0.29) is 5.48 Å². The fourth-order valence-corrected chi connectivity index (χ4v) is 0.515. The van der Waals surface area contributed by atoms with E-state index in [9.17, 15) is 4.79 Å². The number of aromatic carboxylic acids is 1. The second kappa shape index (κ2) is 3.49. The second-order valence-electron chi connectivity index (χ2n) is 1.71. The first-order chi connectivity index (χ1) is 5.11. The first kappa shape index (κ1) is 10.1. The summed E-state index contributed by atoms with van der Waals surface area (Å²) in [5.74, 6) is -2.09. The first-order valence-electron chi connectivity index (χ1n) is 2.59. The highest BCUT2D eigenvalue weighted by Crippen LogP contribution is 2.13. The Morgan fingerprint density at radius 1 is 1.42 bits per heavy atom. The Kier molecular flexibility index (Phi) is 2.94. The van der Waals surface area contributed by atoms with Gasteiger partial charge in [0.2, 0.25) is 5.88 Å². The van der Waals surface area contributed by atoms with Crippen LogP contribution in [0.4, 0.5) is 0 Å². The van der Waals surface area contributed by atoms with Gasteiger partial charge in [-0.3, -0.25) is 0 Å². The topological polar surface area (TPSA) is 135 Å². The molecule has 7 nitrogen and oxygen atoms in total. The van der Waals surface area contributed by atoms with Gasteiger partial charge in [-0.1, -0.05) is 0 Å². The lowest BCUT2D eigenvalue weighted by atomic mass is 10.3. The van der Waals surface area contributed by atoms with E-state index in [4.69, 9.17) is 15.3 Å². The Morgan fingerprint density at radius 2 is 2.00 bits per heavy atom. The van der Waals surface area contributed by atoms with Crippen LogP contribution in [0.25, 0.3) is 0 Å². The predicted octanol–water partition coefficient (Wildman–Crippen LogP) is -1.24. The van der Waals surface area contributed by atoms with Crippen LogP contribution in [0.15, 0.2) is 6.20 Å². The summed E-state index contributed by atoms with van der Waals surface area (Å²) in [5.41, 5.74) is -0.442. The fraction of sp³-hybridized carbons (Fsp3) is 0. The van der Waals surface area contributed by atoms with Gasteiger partial charge in [0, 0.05) is 0 Å². The molecule has 1 heterocycles. The average Bonchev–Trinajstić information content (AvgIpc) is 1.85. The standard InChI is InChI=1S/C5H4N2O4.H2O/c8-3-2(4(9)10)1-6-5(11)7-3;/h1H,(H,9,10)(H2,6,7,8,11);1H2. The molecule has 0 spiro atoms. The number of carbonyl (C=O) groups is 1. The van der Waals surface area contributed by atoms with Gasteiger partial charge in [-0.05, 0) is 0 Å². The quantitative estimate of drug-likeness (QED) is 0.487. The molecular formula is C5H6N2O5. The number of carboxylic acids is 1. The maximum absolute atomic E-state index is 10.2. The third-order valence-electron chi connectivity index (χ3n) is 0.986. The second-order valence-corrected chi connectivity index (χ2v) is 1.71. The van der Waals surface area contributed by atoms with E-state index >= 15 is 0 Å². The Hall–Kier alpha value is -1.89. The van der Waals surface area contributed by atoms with E-state index in [1.54, 1.807) is 0 Å². The number of nitrogens with zero attached hydrogens (tertiary/aromatic N) is 2. The van der Waals surface area contributed by atoms with Crippen molar-refractivity contribution in [2.75, 3.05) is 0 Å². The van der Waals surface area contributed by atoms with Crippen molar-refractivity contribution in [1.82, 2.24) is 9.97 Å². The van der Waals surface area contributed by atoms with Crippen LogP contribution < -0.4 is 0 Å². The molecule has 0 saturated carbocycles. The summed E-state index contributed by atoms with van der Waals surface area (Å²) in [6.07, 6.45) is 0.819. The molecule has 66 valence electrons. The molecule has 1 aromatic rings. The highest BCUT2D eigenvalue weighted by atomic mass is 16.4. The van der Waals surface area contributed by atoms with E-state index in [0.29, 0.717) is 0 Å². The SMILES string of the molecule is O.O=C(O)c1cnc(O)nc1O. The van der Waals surface area contributed by atoms with E-state index in [0.717, 1.165) is 6.20 Å². The van der Waals surface area contributed by atoms with Crippen LogP contribution in [-0.4, -0.2) is 36.7 Å². The fourth-order valence-electron chi connectivity index (χ4n) is 0.515. The molecule has 1 aromatic heterocycles. The molecule has 1 rings (SSSR count). The lowest BCUT2D eigenvalue weighted by Gasteiger charge is -1.95. The minimum atomic E-state index is -1.34. The summed E-state index contributed by atoms with van der Waals surface area (Å²) < 4.78 is 0. The van der Waals surface area contributed by atoms with Crippen LogP contribution in [0.5, 0.6) is 11.9 Å². The molecule has 0 aliphatic carbocycles. The number of hydrogen-bond donors (Lipinski definition) is 3. The van der Waals surface area contributed by atoms with Crippen molar-refractivity contribution in [1.29, 1.82) is 0 Å². The number of carboxylic acid groups (broad SMARTS) is 1. The zero-order valence-corrected chi connectivity index (χ0v) is 5.72. The van der Waals surface area contributed by atoms with Gasteiger partial charge in [0.15, 0.2) is 0 Å². The highest BCUT2D eigenvalue weighted by molar-refractivity contribution is 5.89. The van der Waals surface area contributed by atoms with Crippen LogP contribution in [0, 0.1) is 0 Å². The minimum absolute atomic E-state index is 0. The smallest absolute Gasteiger partial charge is 0.342 e.